The lowest BCUT2D eigenvalue weighted by molar-refractivity contribution is 0.0374. The van der Waals surface area contributed by atoms with Gasteiger partial charge in [0, 0.05) is 25.2 Å². The molecule has 8 heteroatoms. The molecule has 7 nitrogen and oxygen atoms in total. The Balaban J connectivity index is 1.55. The van der Waals surface area contributed by atoms with Gasteiger partial charge in [0.1, 0.15) is 0 Å². The molecule has 1 fully saturated rings. The van der Waals surface area contributed by atoms with Crippen molar-refractivity contribution in [1.82, 2.24) is 10.2 Å². The maximum Gasteiger partial charge on any atom is 0.251 e. The van der Waals surface area contributed by atoms with E-state index in [2.05, 4.69) is 10.2 Å². The minimum absolute atomic E-state index is 0.118. The standard InChI is InChI=1S/C23H31N3O4S/c1-19-5-3-6-22(17-19)26(31(2,28)29)18-20-7-9-21(10-8-20)23(27)24-11-4-12-25-13-15-30-16-14-25/h3,5-10,17H,4,11-16,18H2,1-2H3,(H,24,27). The Morgan fingerprint density at radius 2 is 1.84 bits per heavy atom. The molecule has 2 aromatic rings. The second-order valence-corrected chi connectivity index (χ2v) is 9.78. The topological polar surface area (TPSA) is 79.0 Å². The molecule has 31 heavy (non-hydrogen) atoms. The van der Waals surface area contributed by atoms with Crippen molar-refractivity contribution in [2.24, 2.45) is 0 Å². The first-order chi connectivity index (χ1) is 14.8. The van der Waals surface area contributed by atoms with Crippen molar-refractivity contribution in [3.8, 4) is 0 Å². The molecule has 1 amide bonds. The van der Waals surface area contributed by atoms with E-state index in [1.807, 2.05) is 25.1 Å². The number of hydrogen-bond acceptors (Lipinski definition) is 5. The maximum absolute atomic E-state index is 12.4. The van der Waals surface area contributed by atoms with Crippen LogP contribution < -0.4 is 9.62 Å². The van der Waals surface area contributed by atoms with Crippen molar-refractivity contribution in [1.29, 1.82) is 0 Å². The number of hydrogen-bond donors (Lipinski definition) is 1. The molecule has 3 rings (SSSR count). The molecule has 0 bridgehead atoms. The smallest absolute Gasteiger partial charge is 0.251 e. The molecule has 0 atom stereocenters. The van der Waals surface area contributed by atoms with Gasteiger partial charge in [-0.05, 0) is 55.3 Å². The summed E-state index contributed by atoms with van der Waals surface area (Å²) < 4.78 is 31.4. The van der Waals surface area contributed by atoms with E-state index in [1.54, 1.807) is 30.3 Å². The average Bonchev–Trinajstić information content (AvgIpc) is 2.75. The lowest BCUT2D eigenvalue weighted by Crippen LogP contribution is -2.38. The number of anilines is 1. The van der Waals surface area contributed by atoms with Gasteiger partial charge in [-0.2, -0.15) is 0 Å². The molecule has 168 valence electrons. The molecule has 0 unspecified atom stereocenters. The number of carbonyl (C=O) groups is 1. The number of ether oxygens (including phenoxy) is 1. The van der Waals surface area contributed by atoms with Crippen LogP contribution in [0, 0.1) is 6.92 Å². The predicted molar refractivity (Wildman–Crippen MR) is 123 cm³/mol. The Labute approximate surface area is 185 Å². The summed E-state index contributed by atoms with van der Waals surface area (Å²) in [5, 5.41) is 2.95. The highest BCUT2D eigenvalue weighted by Gasteiger charge is 2.18. The molecule has 1 heterocycles. The lowest BCUT2D eigenvalue weighted by Gasteiger charge is -2.26. The van der Waals surface area contributed by atoms with Gasteiger partial charge < -0.3 is 10.1 Å². The summed E-state index contributed by atoms with van der Waals surface area (Å²) in [7, 11) is -3.44. The fraction of sp³-hybridized carbons (Fsp3) is 0.435. The van der Waals surface area contributed by atoms with Gasteiger partial charge in [0.2, 0.25) is 10.0 Å². The zero-order valence-electron chi connectivity index (χ0n) is 18.2. The first-order valence-corrected chi connectivity index (χ1v) is 12.4. The van der Waals surface area contributed by atoms with Crippen molar-refractivity contribution in [3.05, 3.63) is 65.2 Å². The third-order valence-electron chi connectivity index (χ3n) is 5.27. The first-order valence-electron chi connectivity index (χ1n) is 10.5. The van der Waals surface area contributed by atoms with Gasteiger partial charge in [-0.15, -0.1) is 0 Å². The van der Waals surface area contributed by atoms with Gasteiger partial charge in [0.05, 0.1) is 31.7 Å². The van der Waals surface area contributed by atoms with Gasteiger partial charge in [0.25, 0.3) is 5.91 Å². The zero-order chi connectivity index (χ0) is 22.3. The summed E-state index contributed by atoms with van der Waals surface area (Å²) in [5.41, 5.74) is 3.00. The highest BCUT2D eigenvalue weighted by molar-refractivity contribution is 7.92. The third-order valence-corrected chi connectivity index (χ3v) is 6.41. The second-order valence-electron chi connectivity index (χ2n) is 7.87. The Kier molecular flexibility index (Phi) is 8.06. The van der Waals surface area contributed by atoms with Crippen molar-refractivity contribution in [3.63, 3.8) is 0 Å². The molecule has 0 saturated carbocycles. The normalized spacial score (nSPS) is 14.9. The van der Waals surface area contributed by atoms with E-state index in [0.717, 1.165) is 50.4 Å². The van der Waals surface area contributed by atoms with Gasteiger partial charge in [-0.3, -0.25) is 14.0 Å². The van der Waals surface area contributed by atoms with Gasteiger partial charge >= 0.3 is 0 Å². The van der Waals surface area contributed by atoms with Gasteiger partial charge in [-0.1, -0.05) is 24.3 Å². The summed E-state index contributed by atoms with van der Waals surface area (Å²) in [6, 6.07) is 14.5. The van der Waals surface area contributed by atoms with E-state index < -0.39 is 10.0 Å². The first kappa shape index (κ1) is 23.2. The third kappa shape index (κ3) is 7.05. The maximum atomic E-state index is 12.4. The van der Waals surface area contributed by atoms with E-state index in [-0.39, 0.29) is 12.5 Å². The highest BCUT2D eigenvalue weighted by atomic mass is 32.2. The molecule has 1 saturated heterocycles. The number of rotatable bonds is 9. The van der Waals surface area contributed by atoms with E-state index in [4.69, 9.17) is 4.74 Å². The Morgan fingerprint density at radius 1 is 1.13 bits per heavy atom. The number of nitrogens with zero attached hydrogens (tertiary/aromatic N) is 2. The molecule has 1 N–H and O–H groups in total. The summed E-state index contributed by atoms with van der Waals surface area (Å²) in [6.07, 6.45) is 2.09. The second kappa shape index (κ2) is 10.7. The van der Waals surface area contributed by atoms with Crippen LogP contribution in [0.3, 0.4) is 0 Å². The van der Waals surface area contributed by atoms with Crippen molar-refractivity contribution in [2.45, 2.75) is 19.9 Å². The van der Waals surface area contributed by atoms with Crippen LogP contribution in [0.2, 0.25) is 0 Å². The van der Waals surface area contributed by atoms with Crippen LogP contribution in [-0.2, 0) is 21.3 Å². The molecule has 2 aromatic carbocycles. The molecule has 0 aliphatic carbocycles. The minimum atomic E-state index is -3.44. The number of aryl methyl sites for hydroxylation is 1. The Hall–Kier alpha value is -2.42. The monoisotopic (exact) mass is 445 g/mol. The zero-order valence-corrected chi connectivity index (χ0v) is 19.0. The van der Waals surface area contributed by atoms with Crippen LogP contribution in [0.1, 0.15) is 27.9 Å². The fourth-order valence-corrected chi connectivity index (χ4v) is 4.42. The SMILES string of the molecule is Cc1cccc(N(Cc2ccc(C(=O)NCCCN3CCOCC3)cc2)S(C)(=O)=O)c1. The Bertz CT molecular complexity index is 971. The fourth-order valence-electron chi connectivity index (χ4n) is 3.54. The largest absolute Gasteiger partial charge is 0.379 e. The number of morpholine rings is 1. The number of amides is 1. The van der Waals surface area contributed by atoms with E-state index in [0.29, 0.717) is 17.8 Å². The van der Waals surface area contributed by atoms with Crippen molar-refractivity contribution < 1.29 is 17.9 Å². The molecular formula is C23H31N3O4S. The number of carbonyl (C=O) groups excluding carboxylic acids is 1. The molecular weight excluding hydrogens is 414 g/mol. The molecule has 1 aliphatic heterocycles. The number of sulfonamides is 1. The average molecular weight is 446 g/mol. The number of nitrogens with one attached hydrogen (secondary N) is 1. The predicted octanol–water partition coefficient (Wildman–Crippen LogP) is 2.41. The number of benzene rings is 2. The molecule has 0 aromatic heterocycles. The Morgan fingerprint density at radius 3 is 2.48 bits per heavy atom. The van der Waals surface area contributed by atoms with Crippen LogP contribution >= 0.6 is 0 Å². The highest BCUT2D eigenvalue weighted by Crippen LogP contribution is 2.22. The van der Waals surface area contributed by atoms with E-state index in [1.165, 1.54) is 10.6 Å². The molecule has 0 spiro atoms. The lowest BCUT2D eigenvalue weighted by atomic mass is 10.1. The van der Waals surface area contributed by atoms with Crippen LogP contribution in [-0.4, -0.2) is 64.9 Å². The molecule has 1 aliphatic rings. The van der Waals surface area contributed by atoms with Gasteiger partial charge in [-0.25, -0.2) is 8.42 Å². The van der Waals surface area contributed by atoms with Crippen molar-refractivity contribution in [2.75, 3.05) is 50.0 Å². The van der Waals surface area contributed by atoms with Crippen LogP contribution in [0.4, 0.5) is 5.69 Å². The van der Waals surface area contributed by atoms with Crippen LogP contribution in [0.15, 0.2) is 48.5 Å². The van der Waals surface area contributed by atoms with Crippen molar-refractivity contribution >= 4 is 21.6 Å². The summed E-state index contributed by atoms with van der Waals surface area (Å²) in [4.78, 5) is 14.7. The van der Waals surface area contributed by atoms with Crippen LogP contribution in [0.5, 0.6) is 0 Å². The summed E-state index contributed by atoms with van der Waals surface area (Å²) >= 11 is 0. The van der Waals surface area contributed by atoms with E-state index in [9.17, 15) is 13.2 Å². The molecule has 0 radical (unpaired) electrons. The van der Waals surface area contributed by atoms with E-state index >= 15 is 0 Å². The van der Waals surface area contributed by atoms with Gasteiger partial charge in [0.15, 0.2) is 0 Å². The quantitative estimate of drug-likeness (QED) is 0.600. The summed E-state index contributed by atoms with van der Waals surface area (Å²) in [5.74, 6) is -0.118. The minimum Gasteiger partial charge on any atom is -0.379 e. The van der Waals surface area contributed by atoms with Crippen LogP contribution in [0.25, 0.3) is 0 Å². The summed E-state index contributed by atoms with van der Waals surface area (Å²) in [6.45, 7) is 7.15.